The van der Waals surface area contributed by atoms with Crippen LogP contribution in [0.1, 0.15) is 55.8 Å². The summed E-state index contributed by atoms with van der Waals surface area (Å²) in [6.45, 7) is 1.69. The molecule has 0 aromatic carbocycles. The number of fused-ring (bicyclic) bond motifs is 1. The molecule has 9 heteroatoms. The summed E-state index contributed by atoms with van der Waals surface area (Å²) in [5.74, 6) is 0. The van der Waals surface area contributed by atoms with Gasteiger partial charge in [-0.1, -0.05) is 0 Å². The van der Waals surface area contributed by atoms with Crippen LogP contribution in [-0.4, -0.2) is 54.8 Å². The molecule has 27 heavy (non-hydrogen) atoms. The molecule has 0 unspecified atom stereocenters. The van der Waals surface area contributed by atoms with Crippen LogP contribution in [0, 0.1) is 0 Å². The minimum atomic E-state index is -3.47. The highest BCUT2D eigenvalue weighted by molar-refractivity contribution is 7.87. The van der Waals surface area contributed by atoms with Crippen LogP contribution in [0.5, 0.6) is 0 Å². The second-order valence-electron chi connectivity index (χ2n) is 7.75. The van der Waals surface area contributed by atoms with Gasteiger partial charge in [0.25, 0.3) is 15.8 Å². The number of rotatable bonds is 4. The maximum absolute atomic E-state index is 12.5. The van der Waals surface area contributed by atoms with E-state index in [9.17, 15) is 13.2 Å². The standard InChI is InChI=1S/C18H28N4O4S/c23-18-13-14-3-1-2-4-17(14)19-22(18)16-7-5-15(6-8-16)20-27(24,25)21-9-11-26-12-10-21/h13,15-16,20H,1-12H2. The predicted octanol–water partition coefficient (Wildman–Crippen LogP) is 0.772. The van der Waals surface area contributed by atoms with Gasteiger partial charge in [0.05, 0.1) is 24.9 Å². The fourth-order valence-corrected chi connectivity index (χ4v) is 5.78. The number of aromatic nitrogens is 2. The van der Waals surface area contributed by atoms with Crippen LogP contribution in [0.25, 0.3) is 0 Å². The van der Waals surface area contributed by atoms with Crippen LogP contribution in [0.3, 0.4) is 0 Å². The van der Waals surface area contributed by atoms with Crippen molar-refractivity contribution in [2.24, 2.45) is 0 Å². The summed E-state index contributed by atoms with van der Waals surface area (Å²) in [4.78, 5) is 12.5. The second kappa shape index (κ2) is 7.98. The van der Waals surface area contributed by atoms with E-state index in [1.54, 1.807) is 10.7 Å². The number of aryl methyl sites for hydroxylation is 2. The average molecular weight is 397 g/mol. The Kier molecular flexibility index (Phi) is 5.63. The first-order valence-corrected chi connectivity index (χ1v) is 11.4. The minimum Gasteiger partial charge on any atom is -0.379 e. The van der Waals surface area contributed by atoms with Crippen molar-refractivity contribution in [3.8, 4) is 0 Å². The van der Waals surface area contributed by atoms with Gasteiger partial charge in [0.2, 0.25) is 0 Å². The molecule has 2 fully saturated rings. The molecule has 2 heterocycles. The molecule has 4 rings (SSSR count). The number of nitrogens with zero attached hydrogens (tertiary/aromatic N) is 3. The van der Waals surface area contributed by atoms with E-state index >= 15 is 0 Å². The van der Waals surface area contributed by atoms with Gasteiger partial charge >= 0.3 is 0 Å². The van der Waals surface area contributed by atoms with Crippen LogP contribution in [0.2, 0.25) is 0 Å². The summed E-state index contributed by atoms with van der Waals surface area (Å²) in [5.41, 5.74) is 2.15. The maximum Gasteiger partial charge on any atom is 0.279 e. The van der Waals surface area contributed by atoms with Gasteiger partial charge in [-0.3, -0.25) is 4.79 Å². The highest BCUT2D eigenvalue weighted by atomic mass is 32.2. The normalized spacial score (nSPS) is 27.3. The predicted molar refractivity (Wildman–Crippen MR) is 101 cm³/mol. The van der Waals surface area contributed by atoms with E-state index < -0.39 is 10.2 Å². The lowest BCUT2D eigenvalue weighted by Crippen LogP contribution is -2.50. The van der Waals surface area contributed by atoms with E-state index in [0.717, 1.165) is 62.6 Å². The van der Waals surface area contributed by atoms with Gasteiger partial charge in [0.15, 0.2) is 0 Å². The first kappa shape index (κ1) is 19.0. The third kappa shape index (κ3) is 4.26. The lowest BCUT2D eigenvalue weighted by Gasteiger charge is -2.32. The van der Waals surface area contributed by atoms with Crippen LogP contribution in [0.4, 0.5) is 0 Å². The third-order valence-corrected chi connectivity index (χ3v) is 7.58. The zero-order valence-corrected chi connectivity index (χ0v) is 16.4. The molecule has 0 radical (unpaired) electrons. The summed E-state index contributed by atoms with van der Waals surface area (Å²) in [7, 11) is -3.47. The van der Waals surface area contributed by atoms with Crippen molar-refractivity contribution in [3.63, 3.8) is 0 Å². The Morgan fingerprint density at radius 2 is 1.78 bits per heavy atom. The molecule has 0 atom stereocenters. The van der Waals surface area contributed by atoms with E-state index in [4.69, 9.17) is 4.74 Å². The van der Waals surface area contributed by atoms with Gasteiger partial charge in [0, 0.05) is 25.2 Å². The molecular formula is C18H28N4O4S. The van der Waals surface area contributed by atoms with Crippen LogP contribution in [-0.2, 0) is 27.8 Å². The third-order valence-electron chi connectivity index (χ3n) is 5.90. The number of hydrogen-bond acceptors (Lipinski definition) is 5. The Morgan fingerprint density at radius 1 is 1.07 bits per heavy atom. The van der Waals surface area contributed by atoms with E-state index in [0.29, 0.717) is 26.3 Å². The molecule has 1 N–H and O–H groups in total. The largest absolute Gasteiger partial charge is 0.379 e. The highest BCUT2D eigenvalue weighted by Crippen LogP contribution is 2.28. The van der Waals surface area contributed by atoms with Gasteiger partial charge in [-0.15, -0.1) is 0 Å². The van der Waals surface area contributed by atoms with Crippen molar-refractivity contribution in [3.05, 3.63) is 27.7 Å². The first-order valence-electron chi connectivity index (χ1n) is 10.00. The number of nitrogens with one attached hydrogen (secondary N) is 1. The van der Waals surface area contributed by atoms with Gasteiger partial charge < -0.3 is 4.74 Å². The van der Waals surface area contributed by atoms with Gasteiger partial charge in [-0.25, -0.2) is 4.68 Å². The first-order chi connectivity index (χ1) is 13.0. The average Bonchev–Trinajstić information content (AvgIpc) is 2.68. The molecule has 0 spiro atoms. The highest BCUT2D eigenvalue weighted by Gasteiger charge is 2.31. The lowest BCUT2D eigenvalue weighted by atomic mass is 9.91. The molecule has 0 amide bonds. The fraction of sp³-hybridized carbons (Fsp3) is 0.778. The summed E-state index contributed by atoms with van der Waals surface area (Å²) < 4.78 is 36.2. The summed E-state index contributed by atoms with van der Waals surface area (Å²) in [6.07, 6.45) is 7.14. The van der Waals surface area contributed by atoms with E-state index in [1.807, 2.05) is 0 Å². The molecule has 1 aromatic rings. The second-order valence-corrected chi connectivity index (χ2v) is 9.45. The molecule has 1 aliphatic heterocycles. The van der Waals surface area contributed by atoms with Crippen molar-refractivity contribution in [1.29, 1.82) is 0 Å². The quantitative estimate of drug-likeness (QED) is 0.811. The number of morpholine rings is 1. The summed E-state index contributed by atoms with van der Waals surface area (Å²) in [5, 5.41) is 4.65. The lowest BCUT2D eigenvalue weighted by molar-refractivity contribution is 0.0721. The minimum absolute atomic E-state index is 0.0204. The van der Waals surface area contributed by atoms with Crippen molar-refractivity contribution < 1.29 is 13.2 Å². The van der Waals surface area contributed by atoms with Gasteiger partial charge in [-0.05, 0) is 56.9 Å². The molecule has 1 aromatic heterocycles. The zero-order valence-electron chi connectivity index (χ0n) is 15.6. The summed E-state index contributed by atoms with van der Waals surface area (Å²) in [6, 6.07) is 1.74. The molecule has 1 saturated carbocycles. The Bertz CT molecular complexity index is 824. The summed E-state index contributed by atoms with van der Waals surface area (Å²) >= 11 is 0. The fourth-order valence-electron chi connectivity index (χ4n) is 4.35. The maximum atomic E-state index is 12.5. The smallest absolute Gasteiger partial charge is 0.279 e. The molecule has 0 bridgehead atoms. The molecular weight excluding hydrogens is 368 g/mol. The molecule has 1 saturated heterocycles. The number of hydrogen-bond donors (Lipinski definition) is 1. The van der Waals surface area contributed by atoms with E-state index in [-0.39, 0.29) is 17.6 Å². The van der Waals surface area contributed by atoms with Crippen molar-refractivity contribution in [2.45, 2.75) is 63.5 Å². The van der Waals surface area contributed by atoms with E-state index in [2.05, 4.69) is 9.82 Å². The Hall–Kier alpha value is -1.29. The Morgan fingerprint density at radius 3 is 2.52 bits per heavy atom. The van der Waals surface area contributed by atoms with Crippen molar-refractivity contribution in [1.82, 2.24) is 18.8 Å². The van der Waals surface area contributed by atoms with Crippen LogP contribution < -0.4 is 10.3 Å². The zero-order chi connectivity index (χ0) is 18.9. The van der Waals surface area contributed by atoms with E-state index in [1.165, 1.54) is 4.31 Å². The monoisotopic (exact) mass is 396 g/mol. The molecule has 8 nitrogen and oxygen atoms in total. The van der Waals surface area contributed by atoms with Gasteiger partial charge in [-0.2, -0.15) is 22.5 Å². The molecule has 2 aliphatic carbocycles. The molecule has 3 aliphatic rings. The van der Waals surface area contributed by atoms with Crippen LogP contribution in [0.15, 0.2) is 10.9 Å². The van der Waals surface area contributed by atoms with Crippen molar-refractivity contribution >= 4 is 10.2 Å². The molecule has 150 valence electrons. The van der Waals surface area contributed by atoms with Crippen molar-refractivity contribution in [2.75, 3.05) is 26.3 Å². The Labute approximate surface area is 160 Å². The van der Waals surface area contributed by atoms with Crippen LogP contribution >= 0.6 is 0 Å². The van der Waals surface area contributed by atoms with Gasteiger partial charge in [0.1, 0.15) is 0 Å². The Balaban J connectivity index is 1.38. The SMILES string of the molecule is O=c1cc2c(nn1C1CCC(NS(=O)(=O)N3CCOCC3)CC1)CCCC2. The number of ether oxygens (including phenoxy) is 1. The topological polar surface area (TPSA) is 93.5 Å².